The number of hydrogen-bond donors (Lipinski definition) is 0. The van der Waals surface area contributed by atoms with Crippen LogP contribution in [0.25, 0.3) is 0 Å². The van der Waals surface area contributed by atoms with Gasteiger partial charge in [0.05, 0.1) is 12.1 Å². The number of nitriles is 2. The molecule has 1 unspecified atom stereocenters. The standard InChI is InChI=1S/C12H16N2/c1-3-5-6-8-11(7-4-2)12(9-13)10-14/h3,5-6,8,11-12H,4,7H2,1-2H3/b5-3+,8-6+. The summed E-state index contributed by atoms with van der Waals surface area (Å²) in [6, 6.07) is 4.05. The molecule has 2 heteroatoms. The monoisotopic (exact) mass is 188 g/mol. The largest absolute Gasteiger partial charge is 0.197 e. The van der Waals surface area contributed by atoms with E-state index in [0.717, 1.165) is 12.8 Å². The van der Waals surface area contributed by atoms with Crippen molar-refractivity contribution in [3.63, 3.8) is 0 Å². The van der Waals surface area contributed by atoms with Crippen LogP contribution in [0.15, 0.2) is 24.3 Å². The van der Waals surface area contributed by atoms with Gasteiger partial charge < -0.3 is 0 Å². The van der Waals surface area contributed by atoms with Gasteiger partial charge in [-0.2, -0.15) is 10.5 Å². The van der Waals surface area contributed by atoms with Gasteiger partial charge in [0, 0.05) is 5.92 Å². The highest BCUT2D eigenvalue weighted by atomic mass is 14.3. The third kappa shape index (κ3) is 4.48. The summed E-state index contributed by atoms with van der Waals surface area (Å²) in [5, 5.41) is 17.5. The molecule has 1 atom stereocenters. The Balaban J connectivity index is 4.44. The Hall–Kier alpha value is -1.54. The van der Waals surface area contributed by atoms with Gasteiger partial charge in [-0.05, 0) is 13.3 Å². The molecule has 14 heavy (non-hydrogen) atoms. The summed E-state index contributed by atoms with van der Waals surface area (Å²) < 4.78 is 0. The Morgan fingerprint density at radius 3 is 2.29 bits per heavy atom. The molecule has 0 amide bonds. The lowest BCUT2D eigenvalue weighted by atomic mass is 9.90. The molecule has 0 heterocycles. The zero-order valence-electron chi connectivity index (χ0n) is 8.77. The smallest absolute Gasteiger partial charge is 0.139 e. The van der Waals surface area contributed by atoms with Crippen molar-refractivity contribution in [2.24, 2.45) is 11.8 Å². The predicted molar refractivity (Wildman–Crippen MR) is 57.1 cm³/mol. The molecule has 0 rings (SSSR count). The highest BCUT2D eigenvalue weighted by Gasteiger charge is 2.16. The first-order valence-electron chi connectivity index (χ1n) is 4.88. The van der Waals surface area contributed by atoms with E-state index in [0.29, 0.717) is 0 Å². The fourth-order valence-electron chi connectivity index (χ4n) is 1.25. The number of nitrogens with zero attached hydrogens (tertiary/aromatic N) is 2. The first kappa shape index (κ1) is 12.5. The van der Waals surface area contributed by atoms with Crippen molar-refractivity contribution < 1.29 is 0 Å². The average molecular weight is 188 g/mol. The minimum Gasteiger partial charge on any atom is -0.197 e. The van der Waals surface area contributed by atoms with Crippen LogP contribution in [-0.4, -0.2) is 0 Å². The molecule has 0 spiro atoms. The van der Waals surface area contributed by atoms with Crippen molar-refractivity contribution in [2.75, 3.05) is 0 Å². The maximum Gasteiger partial charge on any atom is 0.139 e. The van der Waals surface area contributed by atoms with Gasteiger partial charge in [0.2, 0.25) is 0 Å². The van der Waals surface area contributed by atoms with E-state index in [1.807, 2.05) is 43.4 Å². The lowest BCUT2D eigenvalue weighted by Crippen LogP contribution is -2.08. The van der Waals surface area contributed by atoms with Crippen LogP contribution >= 0.6 is 0 Å². The van der Waals surface area contributed by atoms with Gasteiger partial charge >= 0.3 is 0 Å². The minimum atomic E-state index is -0.517. The third-order valence-corrected chi connectivity index (χ3v) is 1.99. The molecule has 0 aliphatic carbocycles. The summed E-state index contributed by atoms with van der Waals surface area (Å²) in [4.78, 5) is 0. The lowest BCUT2D eigenvalue weighted by molar-refractivity contribution is 0.522. The third-order valence-electron chi connectivity index (χ3n) is 1.99. The summed E-state index contributed by atoms with van der Waals surface area (Å²) in [6.07, 6.45) is 9.56. The highest BCUT2D eigenvalue weighted by molar-refractivity contribution is 5.11. The second-order valence-corrected chi connectivity index (χ2v) is 3.10. The van der Waals surface area contributed by atoms with Crippen molar-refractivity contribution in [1.29, 1.82) is 10.5 Å². The van der Waals surface area contributed by atoms with E-state index in [1.165, 1.54) is 0 Å². The Kier molecular flexibility index (Phi) is 7.19. The van der Waals surface area contributed by atoms with Crippen molar-refractivity contribution >= 4 is 0 Å². The van der Waals surface area contributed by atoms with Gasteiger partial charge in [0.1, 0.15) is 5.92 Å². The molecule has 0 aliphatic heterocycles. The molecule has 0 fully saturated rings. The van der Waals surface area contributed by atoms with Crippen LogP contribution in [0.2, 0.25) is 0 Å². The molecule has 0 saturated heterocycles. The second-order valence-electron chi connectivity index (χ2n) is 3.10. The molecule has 0 aromatic carbocycles. The van der Waals surface area contributed by atoms with Crippen molar-refractivity contribution in [3.8, 4) is 12.1 Å². The van der Waals surface area contributed by atoms with Crippen molar-refractivity contribution in [1.82, 2.24) is 0 Å². The zero-order valence-corrected chi connectivity index (χ0v) is 8.77. The maximum absolute atomic E-state index is 8.76. The SMILES string of the molecule is C/C=C/C=C/C(CCC)C(C#N)C#N. The van der Waals surface area contributed by atoms with Gasteiger partial charge in [-0.25, -0.2) is 0 Å². The van der Waals surface area contributed by atoms with Crippen LogP contribution in [0.5, 0.6) is 0 Å². The summed E-state index contributed by atoms with van der Waals surface area (Å²) >= 11 is 0. The molecule has 0 aromatic rings. The van der Waals surface area contributed by atoms with Crippen LogP contribution in [0.4, 0.5) is 0 Å². The van der Waals surface area contributed by atoms with E-state index in [1.54, 1.807) is 0 Å². The van der Waals surface area contributed by atoms with Crippen LogP contribution < -0.4 is 0 Å². The van der Waals surface area contributed by atoms with Gasteiger partial charge in [0.15, 0.2) is 0 Å². The molecular weight excluding hydrogens is 172 g/mol. The van der Waals surface area contributed by atoms with E-state index in [2.05, 4.69) is 6.92 Å². The summed E-state index contributed by atoms with van der Waals surface area (Å²) in [5.41, 5.74) is 0. The minimum absolute atomic E-state index is 0.0613. The Morgan fingerprint density at radius 1 is 1.21 bits per heavy atom. The highest BCUT2D eigenvalue weighted by Crippen LogP contribution is 2.18. The molecular formula is C12H16N2. The summed E-state index contributed by atoms with van der Waals surface area (Å²) in [7, 11) is 0. The van der Waals surface area contributed by atoms with Crippen LogP contribution in [-0.2, 0) is 0 Å². The average Bonchev–Trinajstić information content (AvgIpc) is 2.20. The van der Waals surface area contributed by atoms with Gasteiger partial charge in [0.25, 0.3) is 0 Å². The van der Waals surface area contributed by atoms with Crippen LogP contribution in [0.1, 0.15) is 26.7 Å². The van der Waals surface area contributed by atoms with Crippen LogP contribution in [0, 0.1) is 34.5 Å². The molecule has 2 nitrogen and oxygen atoms in total. The van der Waals surface area contributed by atoms with Crippen LogP contribution in [0.3, 0.4) is 0 Å². The molecule has 0 radical (unpaired) electrons. The Labute approximate surface area is 86.2 Å². The number of rotatable bonds is 5. The summed E-state index contributed by atoms with van der Waals surface area (Å²) in [5.74, 6) is -0.456. The van der Waals surface area contributed by atoms with E-state index in [9.17, 15) is 0 Å². The molecule has 0 saturated carbocycles. The first-order chi connectivity index (χ1) is 6.79. The summed E-state index contributed by atoms with van der Waals surface area (Å²) in [6.45, 7) is 3.99. The topological polar surface area (TPSA) is 47.6 Å². The zero-order chi connectivity index (χ0) is 10.8. The maximum atomic E-state index is 8.76. The quantitative estimate of drug-likeness (QED) is 0.622. The normalized spacial score (nSPS) is 13.2. The molecule has 0 aromatic heterocycles. The van der Waals surface area contributed by atoms with Gasteiger partial charge in [-0.3, -0.25) is 0 Å². The lowest BCUT2D eigenvalue weighted by Gasteiger charge is -2.10. The fourth-order valence-corrected chi connectivity index (χ4v) is 1.25. The molecule has 0 bridgehead atoms. The van der Waals surface area contributed by atoms with Gasteiger partial charge in [-0.1, -0.05) is 37.6 Å². The fraction of sp³-hybridized carbons (Fsp3) is 0.500. The van der Waals surface area contributed by atoms with Crippen molar-refractivity contribution in [3.05, 3.63) is 24.3 Å². The van der Waals surface area contributed by atoms with E-state index >= 15 is 0 Å². The Morgan fingerprint density at radius 2 is 1.86 bits per heavy atom. The molecule has 74 valence electrons. The van der Waals surface area contributed by atoms with Crippen molar-refractivity contribution in [2.45, 2.75) is 26.7 Å². The van der Waals surface area contributed by atoms with E-state index in [4.69, 9.17) is 10.5 Å². The number of allylic oxidation sites excluding steroid dienone is 4. The van der Waals surface area contributed by atoms with E-state index in [-0.39, 0.29) is 5.92 Å². The van der Waals surface area contributed by atoms with E-state index < -0.39 is 5.92 Å². The Bertz CT molecular complexity index is 262. The predicted octanol–water partition coefficient (Wildman–Crippen LogP) is 3.20. The number of hydrogen-bond acceptors (Lipinski definition) is 2. The van der Waals surface area contributed by atoms with Gasteiger partial charge in [-0.15, -0.1) is 0 Å². The molecule has 0 aliphatic rings. The first-order valence-corrected chi connectivity index (χ1v) is 4.88. The molecule has 0 N–H and O–H groups in total. The second kappa shape index (κ2) is 8.08.